The highest BCUT2D eigenvalue weighted by Crippen LogP contribution is 2.23. The van der Waals surface area contributed by atoms with E-state index in [9.17, 15) is 0 Å². The molecule has 0 radical (unpaired) electrons. The van der Waals surface area contributed by atoms with E-state index in [0.29, 0.717) is 6.10 Å². The number of hydrogen-bond acceptors (Lipinski definition) is 3. The molecule has 1 fully saturated rings. The third kappa shape index (κ3) is 1.32. The monoisotopic (exact) mass is 167 g/mol. The summed E-state index contributed by atoms with van der Waals surface area (Å²) in [5, 5.41) is 3.15. The van der Waals surface area contributed by atoms with Crippen LogP contribution in [0.1, 0.15) is 11.5 Å². The Hall–Kier alpha value is -0.960. The highest BCUT2D eigenvalue weighted by Gasteiger charge is 2.20. The first-order valence-electron chi connectivity index (χ1n) is 4.20. The summed E-state index contributed by atoms with van der Waals surface area (Å²) in [6.45, 7) is 5.75. The van der Waals surface area contributed by atoms with Gasteiger partial charge >= 0.3 is 0 Å². The summed E-state index contributed by atoms with van der Waals surface area (Å²) in [6, 6.07) is 1.94. The van der Waals surface area contributed by atoms with Crippen LogP contribution < -0.4 is 10.1 Å². The Morgan fingerprint density at radius 2 is 2.25 bits per heavy atom. The van der Waals surface area contributed by atoms with E-state index in [2.05, 4.69) is 5.32 Å². The van der Waals surface area contributed by atoms with E-state index in [0.717, 1.165) is 30.4 Å². The van der Waals surface area contributed by atoms with Crippen LogP contribution in [0.15, 0.2) is 10.5 Å². The van der Waals surface area contributed by atoms with E-state index in [-0.39, 0.29) is 0 Å². The first-order chi connectivity index (χ1) is 5.75. The normalized spacial score (nSPS) is 17.5. The van der Waals surface area contributed by atoms with Crippen molar-refractivity contribution in [3.8, 4) is 5.75 Å². The Labute approximate surface area is 71.7 Å². The van der Waals surface area contributed by atoms with Crippen LogP contribution in [-0.4, -0.2) is 19.2 Å². The van der Waals surface area contributed by atoms with Crippen molar-refractivity contribution < 1.29 is 9.15 Å². The standard InChI is InChI=1S/C9H13NO2/c1-6-3-9(7(2)11-6)12-8-4-10-5-8/h3,8,10H,4-5H2,1-2H3. The van der Waals surface area contributed by atoms with Crippen LogP contribution in [0.5, 0.6) is 5.75 Å². The van der Waals surface area contributed by atoms with Crippen LogP contribution >= 0.6 is 0 Å². The Kier molecular flexibility index (Phi) is 1.81. The van der Waals surface area contributed by atoms with E-state index in [4.69, 9.17) is 9.15 Å². The number of aryl methyl sites for hydroxylation is 2. The predicted octanol–water partition coefficient (Wildman–Crippen LogP) is 1.25. The molecule has 0 aromatic carbocycles. The molecule has 0 amide bonds. The zero-order chi connectivity index (χ0) is 8.55. The maximum Gasteiger partial charge on any atom is 0.161 e. The zero-order valence-electron chi connectivity index (χ0n) is 7.39. The van der Waals surface area contributed by atoms with E-state index in [1.165, 1.54) is 0 Å². The van der Waals surface area contributed by atoms with Gasteiger partial charge in [-0.3, -0.25) is 0 Å². The van der Waals surface area contributed by atoms with Crippen molar-refractivity contribution in [2.45, 2.75) is 20.0 Å². The molecule has 0 bridgehead atoms. The van der Waals surface area contributed by atoms with Gasteiger partial charge in [-0.25, -0.2) is 0 Å². The number of nitrogens with one attached hydrogen (secondary N) is 1. The van der Waals surface area contributed by atoms with E-state index in [1.807, 2.05) is 19.9 Å². The molecule has 2 heterocycles. The summed E-state index contributed by atoms with van der Waals surface area (Å²) in [4.78, 5) is 0. The Bertz CT molecular complexity index is 276. The van der Waals surface area contributed by atoms with Gasteiger partial charge in [-0.1, -0.05) is 0 Å². The van der Waals surface area contributed by atoms with Gasteiger partial charge in [0.1, 0.15) is 17.6 Å². The molecular weight excluding hydrogens is 154 g/mol. The van der Waals surface area contributed by atoms with Gasteiger partial charge in [-0.2, -0.15) is 0 Å². The molecule has 1 aliphatic heterocycles. The lowest BCUT2D eigenvalue weighted by Gasteiger charge is -2.27. The Morgan fingerprint density at radius 3 is 2.67 bits per heavy atom. The summed E-state index contributed by atoms with van der Waals surface area (Å²) in [7, 11) is 0. The smallest absolute Gasteiger partial charge is 0.161 e. The van der Waals surface area contributed by atoms with Crippen LogP contribution in [0.4, 0.5) is 0 Å². The zero-order valence-corrected chi connectivity index (χ0v) is 7.39. The second kappa shape index (κ2) is 2.83. The Morgan fingerprint density at radius 1 is 1.50 bits per heavy atom. The second-order valence-electron chi connectivity index (χ2n) is 3.18. The van der Waals surface area contributed by atoms with Crippen molar-refractivity contribution in [2.24, 2.45) is 0 Å². The first-order valence-corrected chi connectivity index (χ1v) is 4.20. The highest BCUT2D eigenvalue weighted by atomic mass is 16.5. The molecule has 0 spiro atoms. The van der Waals surface area contributed by atoms with Crippen molar-refractivity contribution in [2.75, 3.05) is 13.1 Å². The third-order valence-corrected chi connectivity index (χ3v) is 2.03. The fraction of sp³-hybridized carbons (Fsp3) is 0.556. The van der Waals surface area contributed by atoms with Crippen LogP contribution in [0.25, 0.3) is 0 Å². The van der Waals surface area contributed by atoms with Gasteiger partial charge in [-0.15, -0.1) is 0 Å². The SMILES string of the molecule is Cc1cc(OC2CNC2)c(C)o1. The molecular formula is C9H13NO2. The number of rotatable bonds is 2. The van der Waals surface area contributed by atoms with Gasteiger partial charge in [0, 0.05) is 19.2 Å². The fourth-order valence-electron chi connectivity index (χ4n) is 1.25. The molecule has 66 valence electrons. The van der Waals surface area contributed by atoms with Crippen LogP contribution in [0, 0.1) is 13.8 Å². The van der Waals surface area contributed by atoms with E-state index < -0.39 is 0 Å². The molecule has 0 atom stereocenters. The lowest BCUT2D eigenvalue weighted by Crippen LogP contribution is -2.50. The Balaban J connectivity index is 2.05. The third-order valence-electron chi connectivity index (χ3n) is 2.03. The molecule has 12 heavy (non-hydrogen) atoms. The van der Waals surface area contributed by atoms with E-state index >= 15 is 0 Å². The number of furan rings is 1. The maximum atomic E-state index is 5.65. The van der Waals surface area contributed by atoms with Gasteiger partial charge in [-0.05, 0) is 13.8 Å². The van der Waals surface area contributed by atoms with E-state index in [1.54, 1.807) is 0 Å². The van der Waals surface area contributed by atoms with Gasteiger partial charge in [0.05, 0.1) is 0 Å². The van der Waals surface area contributed by atoms with Crippen molar-refractivity contribution in [1.29, 1.82) is 0 Å². The molecule has 1 saturated heterocycles. The number of ether oxygens (including phenoxy) is 1. The molecule has 0 aliphatic carbocycles. The molecule has 1 aromatic heterocycles. The van der Waals surface area contributed by atoms with Gasteiger partial charge in [0.15, 0.2) is 5.75 Å². The number of hydrogen-bond donors (Lipinski definition) is 1. The molecule has 3 nitrogen and oxygen atoms in total. The lowest BCUT2D eigenvalue weighted by molar-refractivity contribution is 0.139. The molecule has 0 saturated carbocycles. The fourth-order valence-corrected chi connectivity index (χ4v) is 1.25. The van der Waals surface area contributed by atoms with Crippen molar-refractivity contribution >= 4 is 0 Å². The summed E-state index contributed by atoms with van der Waals surface area (Å²) in [6.07, 6.45) is 0.334. The molecule has 1 aliphatic rings. The summed E-state index contributed by atoms with van der Waals surface area (Å²) in [5.74, 6) is 2.67. The minimum absolute atomic E-state index is 0.334. The topological polar surface area (TPSA) is 34.4 Å². The largest absolute Gasteiger partial charge is 0.484 e. The van der Waals surface area contributed by atoms with Crippen molar-refractivity contribution in [1.82, 2.24) is 5.32 Å². The van der Waals surface area contributed by atoms with Crippen LogP contribution in [0.2, 0.25) is 0 Å². The summed E-state index contributed by atoms with van der Waals surface area (Å²) in [5.41, 5.74) is 0. The maximum absolute atomic E-state index is 5.65. The highest BCUT2D eigenvalue weighted by molar-refractivity contribution is 5.27. The summed E-state index contributed by atoms with van der Waals surface area (Å²) < 4.78 is 11.0. The average Bonchev–Trinajstić information content (AvgIpc) is 2.21. The van der Waals surface area contributed by atoms with Crippen molar-refractivity contribution in [3.63, 3.8) is 0 Å². The van der Waals surface area contributed by atoms with Gasteiger partial charge in [0.25, 0.3) is 0 Å². The second-order valence-corrected chi connectivity index (χ2v) is 3.18. The van der Waals surface area contributed by atoms with Gasteiger partial charge < -0.3 is 14.5 Å². The molecule has 2 rings (SSSR count). The molecule has 0 unspecified atom stereocenters. The molecule has 1 aromatic rings. The lowest BCUT2D eigenvalue weighted by atomic mass is 10.2. The van der Waals surface area contributed by atoms with Gasteiger partial charge in [0.2, 0.25) is 0 Å². The quantitative estimate of drug-likeness (QED) is 0.719. The van der Waals surface area contributed by atoms with Crippen molar-refractivity contribution in [3.05, 3.63) is 17.6 Å². The minimum atomic E-state index is 0.334. The molecule has 1 N–H and O–H groups in total. The molecule has 3 heteroatoms. The first kappa shape index (κ1) is 7.68. The average molecular weight is 167 g/mol. The van der Waals surface area contributed by atoms with Crippen LogP contribution in [-0.2, 0) is 0 Å². The summed E-state index contributed by atoms with van der Waals surface area (Å²) >= 11 is 0. The van der Waals surface area contributed by atoms with Crippen LogP contribution in [0.3, 0.4) is 0 Å². The minimum Gasteiger partial charge on any atom is -0.484 e. The predicted molar refractivity (Wildman–Crippen MR) is 45.5 cm³/mol.